The average Bonchev–Trinajstić information content (AvgIpc) is 3.46. The number of hydrogen-bond acceptors (Lipinski definition) is 5. The third-order valence-corrected chi connectivity index (χ3v) is 8.47. The molecule has 28 heavy (non-hydrogen) atoms. The number of anilines is 1. The van der Waals surface area contributed by atoms with Gasteiger partial charge in [0.05, 0.1) is 10.3 Å². The Morgan fingerprint density at radius 2 is 1.79 bits per heavy atom. The van der Waals surface area contributed by atoms with Gasteiger partial charge >= 0.3 is 0 Å². The third kappa shape index (κ3) is 3.57. The van der Waals surface area contributed by atoms with Crippen LogP contribution in [0.2, 0.25) is 0 Å². The van der Waals surface area contributed by atoms with Crippen LogP contribution in [-0.4, -0.2) is 26.8 Å². The lowest BCUT2D eigenvalue weighted by Gasteiger charge is -2.10. The standard InChI is InChI=1S/C21H17N3OS3/c25-19(15-1-3-16(4-2-15)20-26-11-12-27-20)22-17-7-5-14(6-8-17)18-13-24-9-10-28-21(24)23-18/h1-10,13,20H,11-12H2,(H,22,25). The maximum Gasteiger partial charge on any atom is 0.255 e. The first kappa shape index (κ1) is 17.8. The fourth-order valence-electron chi connectivity index (χ4n) is 3.14. The quantitative estimate of drug-likeness (QED) is 0.451. The summed E-state index contributed by atoms with van der Waals surface area (Å²) in [6, 6.07) is 15.8. The first-order chi connectivity index (χ1) is 13.8. The number of benzene rings is 2. The van der Waals surface area contributed by atoms with Crippen molar-refractivity contribution in [3.63, 3.8) is 0 Å². The van der Waals surface area contributed by atoms with Crippen LogP contribution in [0, 0.1) is 0 Å². The van der Waals surface area contributed by atoms with E-state index in [1.807, 2.05) is 82.1 Å². The van der Waals surface area contributed by atoms with Crippen molar-refractivity contribution in [1.82, 2.24) is 9.38 Å². The van der Waals surface area contributed by atoms with Gasteiger partial charge < -0.3 is 5.32 Å². The number of rotatable bonds is 4. The van der Waals surface area contributed by atoms with E-state index in [1.165, 1.54) is 17.1 Å². The minimum absolute atomic E-state index is 0.0893. The summed E-state index contributed by atoms with van der Waals surface area (Å²) < 4.78 is 2.52. The van der Waals surface area contributed by atoms with Crippen molar-refractivity contribution in [1.29, 1.82) is 0 Å². The Labute approximate surface area is 175 Å². The van der Waals surface area contributed by atoms with Crippen molar-refractivity contribution < 1.29 is 4.79 Å². The van der Waals surface area contributed by atoms with Crippen molar-refractivity contribution in [2.24, 2.45) is 0 Å². The molecule has 2 aromatic heterocycles. The van der Waals surface area contributed by atoms with E-state index >= 15 is 0 Å². The summed E-state index contributed by atoms with van der Waals surface area (Å²) in [5.74, 6) is 2.31. The molecule has 1 N–H and O–H groups in total. The second kappa shape index (κ2) is 7.66. The van der Waals surface area contributed by atoms with Crippen LogP contribution in [0.15, 0.2) is 66.3 Å². The maximum absolute atomic E-state index is 12.5. The summed E-state index contributed by atoms with van der Waals surface area (Å²) in [5, 5.41) is 4.99. The molecule has 0 radical (unpaired) electrons. The Kier molecular flexibility index (Phi) is 4.88. The highest BCUT2D eigenvalue weighted by molar-refractivity contribution is 8.19. The first-order valence-corrected chi connectivity index (χ1v) is 11.9. The molecule has 0 atom stereocenters. The normalized spacial score (nSPS) is 14.6. The maximum atomic E-state index is 12.5. The van der Waals surface area contributed by atoms with Crippen molar-refractivity contribution in [3.05, 3.63) is 77.4 Å². The second-order valence-corrected chi connectivity index (χ2v) is 10.0. The van der Waals surface area contributed by atoms with Crippen molar-refractivity contribution in [2.45, 2.75) is 4.58 Å². The second-order valence-electron chi connectivity index (χ2n) is 6.45. The number of fused-ring (bicyclic) bond motifs is 1. The molecule has 1 aliphatic rings. The first-order valence-electron chi connectivity index (χ1n) is 8.93. The number of aromatic nitrogens is 2. The number of nitrogens with one attached hydrogen (secondary N) is 1. The highest BCUT2D eigenvalue weighted by atomic mass is 32.2. The fraction of sp³-hybridized carbons (Fsp3) is 0.143. The molecule has 0 saturated carbocycles. The Bertz CT molecular complexity index is 1080. The molecule has 0 bridgehead atoms. The van der Waals surface area contributed by atoms with Crippen LogP contribution in [0.3, 0.4) is 0 Å². The van der Waals surface area contributed by atoms with Gasteiger partial charge in [-0.05, 0) is 29.8 Å². The van der Waals surface area contributed by atoms with E-state index in [4.69, 9.17) is 0 Å². The SMILES string of the molecule is O=C(Nc1ccc(-c2cn3ccsc3n2)cc1)c1ccc(C2SCCS2)cc1. The van der Waals surface area contributed by atoms with E-state index in [2.05, 4.69) is 22.4 Å². The molecular weight excluding hydrogens is 406 g/mol. The molecule has 0 unspecified atom stereocenters. The van der Waals surface area contributed by atoms with E-state index in [0.29, 0.717) is 10.1 Å². The molecule has 7 heteroatoms. The minimum atomic E-state index is -0.0893. The zero-order chi connectivity index (χ0) is 18.9. The van der Waals surface area contributed by atoms with Gasteiger partial charge in [-0.1, -0.05) is 24.3 Å². The molecule has 1 fully saturated rings. The number of nitrogens with zero attached hydrogens (tertiary/aromatic N) is 2. The van der Waals surface area contributed by atoms with E-state index < -0.39 is 0 Å². The summed E-state index contributed by atoms with van der Waals surface area (Å²) in [6.07, 6.45) is 4.02. The van der Waals surface area contributed by atoms with E-state index in [9.17, 15) is 4.79 Å². The van der Waals surface area contributed by atoms with Crippen LogP contribution in [-0.2, 0) is 0 Å². The molecule has 5 rings (SSSR count). The molecule has 1 saturated heterocycles. The Morgan fingerprint density at radius 3 is 2.50 bits per heavy atom. The number of carbonyl (C=O) groups is 1. The highest BCUT2D eigenvalue weighted by Gasteiger charge is 2.18. The van der Waals surface area contributed by atoms with Crippen molar-refractivity contribution in [2.75, 3.05) is 16.8 Å². The van der Waals surface area contributed by atoms with E-state index in [0.717, 1.165) is 21.9 Å². The summed E-state index contributed by atoms with van der Waals surface area (Å²) in [7, 11) is 0. The Morgan fingerprint density at radius 1 is 1.04 bits per heavy atom. The molecular formula is C21H17N3OS3. The average molecular weight is 424 g/mol. The molecule has 3 heterocycles. The van der Waals surface area contributed by atoms with Crippen molar-refractivity contribution >= 4 is 51.4 Å². The largest absolute Gasteiger partial charge is 0.322 e. The van der Waals surface area contributed by atoms with Crippen LogP contribution in [0.4, 0.5) is 5.69 Å². The molecule has 1 amide bonds. The van der Waals surface area contributed by atoms with E-state index in [1.54, 1.807) is 11.3 Å². The minimum Gasteiger partial charge on any atom is -0.322 e. The van der Waals surface area contributed by atoms with Gasteiger partial charge in [0.1, 0.15) is 0 Å². The number of hydrogen-bond donors (Lipinski definition) is 1. The van der Waals surface area contributed by atoms with Gasteiger partial charge in [-0.2, -0.15) is 0 Å². The molecule has 2 aromatic carbocycles. The molecule has 1 aliphatic heterocycles. The smallest absolute Gasteiger partial charge is 0.255 e. The van der Waals surface area contributed by atoms with Gasteiger partial charge in [-0.15, -0.1) is 34.9 Å². The fourth-order valence-corrected chi connectivity index (χ4v) is 6.70. The summed E-state index contributed by atoms with van der Waals surface area (Å²) >= 11 is 5.55. The zero-order valence-corrected chi connectivity index (χ0v) is 17.3. The molecule has 0 spiro atoms. The van der Waals surface area contributed by atoms with Crippen LogP contribution >= 0.6 is 34.9 Å². The number of amides is 1. The van der Waals surface area contributed by atoms with Crippen LogP contribution in [0.5, 0.6) is 0 Å². The van der Waals surface area contributed by atoms with Gasteiger partial charge in [0.25, 0.3) is 5.91 Å². The van der Waals surface area contributed by atoms with Gasteiger partial charge in [-0.3, -0.25) is 9.20 Å². The predicted molar refractivity (Wildman–Crippen MR) is 121 cm³/mol. The van der Waals surface area contributed by atoms with Crippen molar-refractivity contribution in [3.8, 4) is 11.3 Å². The van der Waals surface area contributed by atoms with E-state index in [-0.39, 0.29) is 5.91 Å². The summed E-state index contributed by atoms with van der Waals surface area (Å²) in [5.41, 5.74) is 4.71. The highest BCUT2D eigenvalue weighted by Crippen LogP contribution is 2.45. The predicted octanol–water partition coefficient (Wildman–Crippen LogP) is 5.79. The molecule has 4 aromatic rings. The number of thioether (sulfide) groups is 2. The molecule has 4 nitrogen and oxygen atoms in total. The third-order valence-electron chi connectivity index (χ3n) is 4.60. The van der Waals surface area contributed by atoms with Gasteiger partial charge in [0.2, 0.25) is 0 Å². The van der Waals surface area contributed by atoms with Crippen LogP contribution < -0.4 is 5.32 Å². The Hall–Kier alpha value is -2.22. The lowest BCUT2D eigenvalue weighted by Crippen LogP contribution is -2.11. The van der Waals surface area contributed by atoms with Crippen LogP contribution in [0.1, 0.15) is 20.5 Å². The zero-order valence-electron chi connectivity index (χ0n) is 14.9. The summed E-state index contributed by atoms with van der Waals surface area (Å²) in [6.45, 7) is 0. The molecule has 0 aliphatic carbocycles. The van der Waals surface area contributed by atoms with Gasteiger partial charge in [0, 0.05) is 46.1 Å². The monoisotopic (exact) mass is 423 g/mol. The lowest BCUT2D eigenvalue weighted by atomic mass is 10.1. The summed E-state index contributed by atoms with van der Waals surface area (Å²) in [4.78, 5) is 18.1. The Balaban J connectivity index is 1.27. The van der Waals surface area contributed by atoms with Gasteiger partial charge in [0.15, 0.2) is 4.96 Å². The lowest BCUT2D eigenvalue weighted by molar-refractivity contribution is 0.102. The number of imidazole rings is 1. The van der Waals surface area contributed by atoms with Gasteiger partial charge in [-0.25, -0.2) is 4.98 Å². The number of thiazole rings is 1. The molecule has 140 valence electrons. The van der Waals surface area contributed by atoms with Crippen LogP contribution in [0.25, 0.3) is 16.2 Å². The topological polar surface area (TPSA) is 46.4 Å². The number of carbonyl (C=O) groups excluding carboxylic acids is 1.